The van der Waals surface area contributed by atoms with Crippen LogP contribution in [0.5, 0.6) is 0 Å². The quantitative estimate of drug-likeness (QED) is 0.0617. The standard InChI is InChI=1S/C36H62N4O4/c1-3-5-7-9-11-13-15-17-19-21-23-25-33(41)37-39-35(43)31-27-29-32(30-28-31)36(44)40-38-34(42)26-24-22-20-18-16-14-12-10-8-6-4-2/h27-30H,3-26H2,1-2H3,(H,37,41)(H,38,42)(H,39,43)(H,40,44). The summed E-state index contributed by atoms with van der Waals surface area (Å²) in [7, 11) is 0. The summed E-state index contributed by atoms with van der Waals surface area (Å²) in [6.07, 6.45) is 27.5. The molecule has 0 fully saturated rings. The van der Waals surface area contributed by atoms with Gasteiger partial charge in [-0.05, 0) is 37.1 Å². The first kappa shape index (κ1) is 39.1. The van der Waals surface area contributed by atoms with Crippen molar-refractivity contribution in [3.05, 3.63) is 35.4 Å². The van der Waals surface area contributed by atoms with Crippen LogP contribution in [-0.2, 0) is 9.59 Å². The van der Waals surface area contributed by atoms with Gasteiger partial charge in [-0.1, -0.05) is 142 Å². The van der Waals surface area contributed by atoms with Crippen molar-refractivity contribution in [1.82, 2.24) is 21.7 Å². The van der Waals surface area contributed by atoms with Gasteiger partial charge in [0.2, 0.25) is 11.8 Å². The highest BCUT2D eigenvalue weighted by molar-refractivity contribution is 5.98. The summed E-state index contributed by atoms with van der Waals surface area (Å²) in [4.78, 5) is 48.9. The maximum absolute atomic E-state index is 12.4. The fourth-order valence-electron chi connectivity index (χ4n) is 5.19. The number of hydrogen-bond acceptors (Lipinski definition) is 4. The zero-order chi connectivity index (χ0) is 32.1. The molecule has 0 aliphatic heterocycles. The van der Waals surface area contributed by atoms with Crippen LogP contribution in [0.25, 0.3) is 0 Å². The van der Waals surface area contributed by atoms with E-state index in [-0.39, 0.29) is 11.8 Å². The summed E-state index contributed by atoms with van der Waals surface area (Å²) in [6.45, 7) is 4.47. The van der Waals surface area contributed by atoms with Crippen LogP contribution in [0.15, 0.2) is 24.3 Å². The Morgan fingerprint density at radius 1 is 0.386 bits per heavy atom. The lowest BCUT2D eigenvalue weighted by Gasteiger charge is -2.09. The predicted molar refractivity (Wildman–Crippen MR) is 180 cm³/mol. The minimum absolute atomic E-state index is 0.214. The largest absolute Gasteiger partial charge is 0.273 e. The molecule has 250 valence electrons. The zero-order valence-electron chi connectivity index (χ0n) is 27.9. The predicted octanol–water partition coefficient (Wildman–Crippen LogP) is 8.61. The van der Waals surface area contributed by atoms with E-state index in [1.807, 2.05) is 0 Å². The van der Waals surface area contributed by atoms with Gasteiger partial charge in [0.05, 0.1) is 0 Å². The van der Waals surface area contributed by atoms with Crippen LogP contribution in [0.4, 0.5) is 0 Å². The monoisotopic (exact) mass is 614 g/mol. The van der Waals surface area contributed by atoms with Crippen molar-refractivity contribution < 1.29 is 19.2 Å². The van der Waals surface area contributed by atoms with Crippen LogP contribution >= 0.6 is 0 Å². The highest BCUT2D eigenvalue weighted by Gasteiger charge is 2.11. The first-order valence-electron chi connectivity index (χ1n) is 17.8. The molecule has 0 aliphatic carbocycles. The summed E-state index contributed by atoms with van der Waals surface area (Å²) in [6, 6.07) is 6.03. The first-order valence-corrected chi connectivity index (χ1v) is 17.8. The third-order valence-electron chi connectivity index (χ3n) is 8.05. The number of rotatable bonds is 26. The maximum atomic E-state index is 12.4. The second-order valence-corrected chi connectivity index (χ2v) is 12.2. The van der Waals surface area contributed by atoms with Crippen LogP contribution in [0, 0.1) is 0 Å². The van der Waals surface area contributed by atoms with Crippen molar-refractivity contribution in [1.29, 1.82) is 0 Å². The van der Waals surface area contributed by atoms with E-state index in [0.717, 1.165) is 38.5 Å². The van der Waals surface area contributed by atoms with E-state index >= 15 is 0 Å². The second kappa shape index (κ2) is 27.6. The number of benzene rings is 1. The highest BCUT2D eigenvalue weighted by Crippen LogP contribution is 2.13. The van der Waals surface area contributed by atoms with Crippen molar-refractivity contribution in [3.63, 3.8) is 0 Å². The molecule has 0 radical (unpaired) electrons. The van der Waals surface area contributed by atoms with Gasteiger partial charge in [0.1, 0.15) is 0 Å². The molecule has 0 unspecified atom stereocenters. The molecule has 4 N–H and O–H groups in total. The summed E-state index contributed by atoms with van der Waals surface area (Å²) in [5.41, 5.74) is 10.4. The van der Waals surface area contributed by atoms with E-state index in [9.17, 15) is 19.2 Å². The van der Waals surface area contributed by atoms with Gasteiger partial charge in [0.25, 0.3) is 11.8 Å². The molecule has 1 rings (SSSR count). The molecular weight excluding hydrogens is 552 g/mol. The Kier molecular flexibility index (Phi) is 24.6. The lowest BCUT2D eigenvalue weighted by atomic mass is 10.1. The number of hydrazine groups is 2. The summed E-state index contributed by atoms with van der Waals surface area (Å²) in [5, 5.41) is 0. The van der Waals surface area contributed by atoms with Crippen LogP contribution in [0.1, 0.15) is 189 Å². The van der Waals surface area contributed by atoms with Crippen molar-refractivity contribution in [2.45, 2.75) is 168 Å². The van der Waals surface area contributed by atoms with Crippen molar-refractivity contribution in [3.8, 4) is 0 Å². The zero-order valence-corrected chi connectivity index (χ0v) is 27.9. The van der Waals surface area contributed by atoms with Gasteiger partial charge in [-0.25, -0.2) is 0 Å². The normalized spacial score (nSPS) is 10.8. The molecule has 44 heavy (non-hydrogen) atoms. The molecule has 4 amide bonds. The summed E-state index contributed by atoms with van der Waals surface area (Å²) >= 11 is 0. The van der Waals surface area contributed by atoms with Crippen LogP contribution < -0.4 is 21.7 Å². The van der Waals surface area contributed by atoms with Crippen molar-refractivity contribution in [2.24, 2.45) is 0 Å². The van der Waals surface area contributed by atoms with E-state index in [1.165, 1.54) is 127 Å². The minimum atomic E-state index is -0.454. The first-order chi connectivity index (χ1) is 21.5. The molecule has 0 aromatic heterocycles. The maximum Gasteiger partial charge on any atom is 0.269 e. The molecule has 0 saturated heterocycles. The number of amides is 4. The average Bonchev–Trinajstić information content (AvgIpc) is 3.03. The number of unbranched alkanes of at least 4 members (excludes halogenated alkanes) is 20. The van der Waals surface area contributed by atoms with Crippen molar-refractivity contribution in [2.75, 3.05) is 0 Å². The molecule has 0 aliphatic rings. The second-order valence-electron chi connectivity index (χ2n) is 12.2. The molecule has 0 spiro atoms. The lowest BCUT2D eigenvalue weighted by Crippen LogP contribution is -2.42. The Morgan fingerprint density at radius 3 is 0.909 bits per heavy atom. The van der Waals surface area contributed by atoms with Gasteiger partial charge in [-0.3, -0.25) is 40.9 Å². The third-order valence-corrected chi connectivity index (χ3v) is 8.05. The van der Waals surface area contributed by atoms with Crippen LogP contribution in [-0.4, -0.2) is 23.6 Å². The highest BCUT2D eigenvalue weighted by atomic mass is 16.2. The van der Waals surface area contributed by atoms with Gasteiger partial charge in [-0.15, -0.1) is 0 Å². The van der Waals surface area contributed by atoms with E-state index < -0.39 is 11.8 Å². The van der Waals surface area contributed by atoms with Gasteiger partial charge in [0.15, 0.2) is 0 Å². The number of hydrogen-bond donors (Lipinski definition) is 4. The van der Waals surface area contributed by atoms with Gasteiger partial charge in [-0.2, -0.15) is 0 Å². The molecule has 0 heterocycles. The van der Waals surface area contributed by atoms with E-state index in [4.69, 9.17) is 0 Å². The van der Waals surface area contributed by atoms with Gasteiger partial charge < -0.3 is 0 Å². The number of carbonyl (C=O) groups excluding carboxylic acids is 4. The van der Waals surface area contributed by atoms with Gasteiger partial charge in [0, 0.05) is 24.0 Å². The Bertz CT molecular complexity index is 831. The molecule has 0 bridgehead atoms. The third kappa shape index (κ3) is 21.7. The van der Waals surface area contributed by atoms with Crippen molar-refractivity contribution >= 4 is 23.6 Å². The fourth-order valence-corrected chi connectivity index (χ4v) is 5.19. The smallest absolute Gasteiger partial charge is 0.269 e. The Morgan fingerprint density at radius 2 is 0.636 bits per heavy atom. The molecule has 0 atom stereocenters. The average molecular weight is 615 g/mol. The molecule has 8 heteroatoms. The topological polar surface area (TPSA) is 116 Å². The SMILES string of the molecule is CCCCCCCCCCCCCC(=O)NNC(=O)c1ccc(C(=O)NNC(=O)CCCCCCCCCCCCC)cc1. The van der Waals surface area contributed by atoms with E-state index in [1.54, 1.807) is 0 Å². The molecule has 1 aromatic carbocycles. The van der Waals surface area contributed by atoms with E-state index in [0.29, 0.717) is 24.0 Å². The van der Waals surface area contributed by atoms with Crippen LogP contribution in [0.2, 0.25) is 0 Å². The number of nitrogens with one attached hydrogen (secondary N) is 4. The Hall–Kier alpha value is -2.90. The molecular formula is C36H62N4O4. The lowest BCUT2D eigenvalue weighted by molar-refractivity contribution is -0.122. The minimum Gasteiger partial charge on any atom is -0.273 e. The molecule has 0 saturated carbocycles. The Balaban J connectivity index is 2.09. The molecule has 1 aromatic rings. The number of carbonyl (C=O) groups is 4. The molecule has 8 nitrogen and oxygen atoms in total. The fraction of sp³-hybridized carbons (Fsp3) is 0.722. The Labute approximate surface area is 267 Å². The van der Waals surface area contributed by atoms with Crippen LogP contribution in [0.3, 0.4) is 0 Å². The van der Waals surface area contributed by atoms with Gasteiger partial charge >= 0.3 is 0 Å². The summed E-state index contributed by atoms with van der Waals surface area (Å²) in [5.74, 6) is -1.34. The summed E-state index contributed by atoms with van der Waals surface area (Å²) < 4.78 is 0. The van der Waals surface area contributed by atoms with E-state index in [2.05, 4.69) is 35.6 Å².